The molecule has 0 N–H and O–H groups in total. The number of nitro groups is 1. The number of hydrogen-bond acceptors (Lipinski definition) is 2. The fourth-order valence-corrected chi connectivity index (χ4v) is 1.00. The van der Waals surface area contributed by atoms with Gasteiger partial charge in [-0.3, -0.25) is 10.1 Å². The lowest BCUT2D eigenvalue weighted by atomic mass is 10.0. The molecular weight excluding hydrogens is 166 g/mol. The SMILES string of the molecule is C#CC(C)c1cccc([N+](=O)[O-])c1. The van der Waals surface area contributed by atoms with Crippen LogP contribution in [-0.2, 0) is 0 Å². The van der Waals surface area contributed by atoms with Crippen LogP contribution in [0, 0.1) is 22.5 Å². The molecule has 1 aromatic carbocycles. The van der Waals surface area contributed by atoms with E-state index in [1.54, 1.807) is 12.1 Å². The van der Waals surface area contributed by atoms with Gasteiger partial charge in [0.1, 0.15) is 0 Å². The summed E-state index contributed by atoms with van der Waals surface area (Å²) in [6.45, 7) is 1.83. The predicted octanol–water partition coefficient (Wildman–Crippen LogP) is 2.33. The minimum Gasteiger partial charge on any atom is -0.258 e. The van der Waals surface area contributed by atoms with Crippen molar-refractivity contribution >= 4 is 5.69 Å². The Balaban J connectivity index is 3.07. The lowest BCUT2D eigenvalue weighted by Gasteiger charge is -2.02. The Morgan fingerprint density at radius 1 is 1.62 bits per heavy atom. The third kappa shape index (κ3) is 2.06. The van der Waals surface area contributed by atoms with Crippen molar-refractivity contribution in [1.82, 2.24) is 0 Å². The van der Waals surface area contributed by atoms with Crippen molar-refractivity contribution in [3.8, 4) is 12.3 Å². The fraction of sp³-hybridized carbons (Fsp3) is 0.200. The summed E-state index contributed by atoms with van der Waals surface area (Å²) in [6, 6.07) is 6.39. The number of non-ortho nitro benzene ring substituents is 1. The van der Waals surface area contributed by atoms with Crippen molar-refractivity contribution in [2.75, 3.05) is 0 Å². The highest BCUT2D eigenvalue weighted by Gasteiger charge is 2.08. The van der Waals surface area contributed by atoms with Gasteiger partial charge in [0.25, 0.3) is 5.69 Å². The van der Waals surface area contributed by atoms with Crippen LogP contribution in [-0.4, -0.2) is 4.92 Å². The summed E-state index contributed by atoms with van der Waals surface area (Å²) in [4.78, 5) is 9.99. The first-order valence-corrected chi connectivity index (χ1v) is 3.85. The molecule has 0 bridgehead atoms. The molecule has 0 fully saturated rings. The summed E-state index contributed by atoms with van der Waals surface area (Å²) < 4.78 is 0. The van der Waals surface area contributed by atoms with Gasteiger partial charge < -0.3 is 0 Å². The second-order valence-corrected chi connectivity index (χ2v) is 2.74. The second-order valence-electron chi connectivity index (χ2n) is 2.74. The van der Waals surface area contributed by atoms with Crippen LogP contribution in [0.1, 0.15) is 18.4 Å². The van der Waals surface area contributed by atoms with E-state index in [1.165, 1.54) is 12.1 Å². The minimum absolute atomic E-state index is 0.0830. The van der Waals surface area contributed by atoms with E-state index < -0.39 is 4.92 Å². The van der Waals surface area contributed by atoms with Crippen molar-refractivity contribution in [2.24, 2.45) is 0 Å². The summed E-state index contributed by atoms with van der Waals surface area (Å²) in [5.74, 6) is 2.44. The maximum Gasteiger partial charge on any atom is 0.269 e. The molecule has 3 nitrogen and oxygen atoms in total. The van der Waals surface area contributed by atoms with Crippen LogP contribution >= 0.6 is 0 Å². The topological polar surface area (TPSA) is 43.1 Å². The Labute approximate surface area is 76.5 Å². The van der Waals surface area contributed by atoms with Crippen LogP contribution in [0.5, 0.6) is 0 Å². The lowest BCUT2D eigenvalue weighted by molar-refractivity contribution is -0.384. The van der Waals surface area contributed by atoms with Gasteiger partial charge in [-0.25, -0.2) is 0 Å². The van der Waals surface area contributed by atoms with Crippen LogP contribution in [0.4, 0.5) is 5.69 Å². The highest BCUT2D eigenvalue weighted by atomic mass is 16.6. The molecule has 0 aromatic heterocycles. The summed E-state index contributed by atoms with van der Waals surface area (Å²) in [5, 5.41) is 10.4. The van der Waals surface area contributed by atoms with Crippen LogP contribution in [0.2, 0.25) is 0 Å². The average molecular weight is 175 g/mol. The molecule has 66 valence electrons. The molecule has 0 heterocycles. The van der Waals surface area contributed by atoms with Crippen molar-refractivity contribution in [1.29, 1.82) is 0 Å². The van der Waals surface area contributed by atoms with Gasteiger partial charge in [-0.15, -0.1) is 6.42 Å². The number of nitrogens with zero attached hydrogens (tertiary/aromatic N) is 1. The van der Waals surface area contributed by atoms with E-state index in [2.05, 4.69) is 5.92 Å². The highest BCUT2D eigenvalue weighted by Crippen LogP contribution is 2.19. The molecule has 0 saturated carbocycles. The second kappa shape index (κ2) is 3.72. The third-order valence-corrected chi connectivity index (χ3v) is 1.83. The Bertz CT molecular complexity index is 365. The van der Waals surface area contributed by atoms with E-state index in [4.69, 9.17) is 6.42 Å². The number of nitro benzene ring substituents is 1. The molecule has 0 aliphatic rings. The third-order valence-electron chi connectivity index (χ3n) is 1.83. The molecule has 0 aliphatic heterocycles. The van der Waals surface area contributed by atoms with Gasteiger partial charge in [-0.05, 0) is 12.5 Å². The molecule has 1 aromatic rings. The number of hydrogen-bond donors (Lipinski definition) is 0. The molecule has 13 heavy (non-hydrogen) atoms. The predicted molar refractivity (Wildman–Crippen MR) is 50.3 cm³/mol. The highest BCUT2D eigenvalue weighted by molar-refractivity contribution is 5.37. The van der Waals surface area contributed by atoms with Crippen LogP contribution < -0.4 is 0 Å². The quantitative estimate of drug-likeness (QED) is 0.393. The molecular formula is C10H9NO2. The van der Waals surface area contributed by atoms with E-state index >= 15 is 0 Å². The van der Waals surface area contributed by atoms with Gasteiger partial charge in [0, 0.05) is 18.1 Å². The first-order valence-electron chi connectivity index (χ1n) is 3.85. The average Bonchev–Trinajstić information content (AvgIpc) is 2.17. The summed E-state index contributed by atoms with van der Waals surface area (Å²) in [5.41, 5.74) is 0.885. The molecule has 1 rings (SSSR count). The Morgan fingerprint density at radius 3 is 2.85 bits per heavy atom. The Hall–Kier alpha value is -1.82. The Kier molecular flexibility index (Phi) is 2.65. The minimum atomic E-state index is -0.424. The molecule has 1 atom stereocenters. The fourth-order valence-electron chi connectivity index (χ4n) is 1.00. The molecule has 1 unspecified atom stereocenters. The molecule has 0 amide bonds. The van der Waals surface area contributed by atoms with Crippen LogP contribution in [0.15, 0.2) is 24.3 Å². The van der Waals surface area contributed by atoms with Gasteiger partial charge in [0.2, 0.25) is 0 Å². The number of rotatable bonds is 2. The maximum absolute atomic E-state index is 10.4. The van der Waals surface area contributed by atoms with Gasteiger partial charge in [-0.1, -0.05) is 18.1 Å². The maximum atomic E-state index is 10.4. The van der Waals surface area contributed by atoms with E-state index in [0.717, 1.165) is 5.56 Å². The van der Waals surface area contributed by atoms with Crippen molar-refractivity contribution in [2.45, 2.75) is 12.8 Å². The van der Waals surface area contributed by atoms with E-state index in [1.807, 2.05) is 6.92 Å². The van der Waals surface area contributed by atoms with Gasteiger partial charge in [0.15, 0.2) is 0 Å². The number of terminal acetylenes is 1. The summed E-state index contributed by atoms with van der Waals surface area (Å²) in [7, 11) is 0. The normalized spacial score (nSPS) is 11.7. The zero-order valence-corrected chi connectivity index (χ0v) is 7.23. The van der Waals surface area contributed by atoms with Gasteiger partial charge in [-0.2, -0.15) is 0 Å². The molecule has 0 aliphatic carbocycles. The lowest BCUT2D eigenvalue weighted by Crippen LogP contribution is -1.92. The zero-order chi connectivity index (χ0) is 9.84. The molecule has 0 radical (unpaired) electrons. The van der Waals surface area contributed by atoms with Crippen LogP contribution in [0.3, 0.4) is 0 Å². The summed E-state index contributed by atoms with van der Waals surface area (Å²) in [6.07, 6.45) is 5.21. The van der Waals surface area contributed by atoms with Gasteiger partial charge in [0.05, 0.1) is 4.92 Å². The van der Waals surface area contributed by atoms with E-state index in [-0.39, 0.29) is 11.6 Å². The standard InChI is InChI=1S/C10H9NO2/c1-3-8(2)9-5-4-6-10(7-9)11(12)13/h1,4-8H,2H3. The van der Waals surface area contributed by atoms with Gasteiger partial charge >= 0.3 is 0 Å². The summed E-state index contributed by atoms with van der Waals surface area (Å²) >= 11 is 0. The van der Waals surface area contributed by atoms with Crippen molar-refractivity contribution in [3.63, 3.8) is 0 Å². The monoisotopic (exact) mass is 175 g/mol. The van der Waals surface area contributed by atoms with Crippen molar-refractivity contribution in [3.05, 3.63) is 39.9 Å². The van der Waals surface area contributed by atoms with Crippen molar-refractivity contribution < 1.29 is 4.92 Å². The molecule has 3 heteroatoms. The smallest absolute Gasteiger partial charge is 0.258 e. The zero-order valence-electron chi connectivity index (χ0n) is 7.23. The number of benzene rings is 1. The van der Waals surface area contributed by atoms with E-state index in [9.17, 15) is 10.1 Å². The van der Waals surface area contributed by atoms with Crippen LogP contribution in [0.25, 0.3) is 0 Å². The molecule has 0 saturated heterocycles. The molecule has 0 spiro atoms. The first kappa shape index (κ1) is 9.27. The Morgan fingerprint density at radius 2 is 2.31 bits per heavy atom. The largest absolute Gasteiger partial charge is 0.269 e. The first-order chi connectivity index (χ1) is 6.15. The van der Waals surface area contributed by atoms with E-state index in [0.29, 0.717) is 0 Å².